The molecule has 28 heavy (non-hydrogen) atoms. The second kappa shape index (κ2) is 6.88. The van der Waals surface area contributed by atoms with E-state index in [4.69, 9.17) is 10.1 Å². The van der Waals surface area contributed by atoms with Crippen molar-refractivity contribution in [2.24, 2.45) is 0 Å². The Morgan fingerprint density at radius 2 is 1.82 bits per heavy atom. The van der Waals surface area contributed by atoms with Gasteiger partial charge in [0.05, 0.1) is 16.4 Å². The molecular weight excluding hydrogens is 368 g/mol. The van der Waals surface area contributed by atoms with Gasteiger partial charge in [0.15, 0.2) is 11.5 Å². The molecule has 1 saturated carbocycles. The fourth-order valence-electron chi connectivity index (χ4n) is 3.95. The van der Waals surface area contributed by atoms with Gasteiger partial charge in [-0.1, -0.05) is 20.8 Å². The Labute approximate surface area is 170 Å². The van der Waals surface area contributed by atoms with Crippen LogP contribution in [0.15, 0.2) is 17.5 Å². The average Bonchev–Trinajstić information content (AvgIpc) is 3.27. The number of likely N-dealkylation sites (tertiary alicyclic amines) is 1. The number of hydrogen-bond acceptors (Lipinski definition) is 6. The summed E-state index contributed by atoms with van der Waals surface area (Å²) in [4.78, 5) is 7.38. The molecule has 6 nitrogen and oxygen atoms in total. The molecule has 2 aliphatic rings. The molecule has 5 rings (SSSR count). The molecule has 0 N–H and O–H groups in total. The summed E-state index contributed by atoms with van der Waals surface area (Å²) in [6.07, 6.45) is 4.86. The molecule has 2 fully saturated rings. The third kappa shape index (κ3) is 3.57. The zero-order valence-corrected chi connectivity index (χ0v) is 17.7. The van der Waals surface area contributed by atoms with E-state index in [1.165, 1.54) is 23.5 Å². The first-order valence-corrected chi connectivity index (χ1v) is 11.2. The van der Waals surface area contributed by atoms with Crippen LogP contribution in [0.4, 0.5) is 0 Å². The van der Waals surface area contributed by atoms with Gasteiger partial charge < -0.3 is 0 Å². The summed E-state index contributed by atoms with van der Waals surface area (Å²) in [5.41, 5.74) is 3.19. The van der Waals surface area contributed by atoms with Gasteiger partial charge in [0, 0.05) is 29.2 Å². The molecular formula is C21H28N6S. The van der Waals surface area contributed by atoms with Gasteiger partial charge in [0.2, 0.25) is 0 Å². The fraction of sp³-hybridized carbons (Fsp3) is 0.619. The first-order valence-electron chi connectivity index (χ1n) is 10.4. The molecule has 0 amide bonds. The molecule has 148 valence electrons. The number of nitrogens with zero attached hydrogens (tertiary/aromatic N) is 6. The van der Waals surface area contributed by atoms with E-state index in [9.17, 15) is 0 Å². The fourth-order valence-corrected chi connectivity index (χ4v) is 4.93. The first-order chi connectivity index (χ1) is 13.5. The Balaban J connectivity index is 1.27. The Kier molecular flexibility index (Phi) is 4.47. The van der Waals surface area contributed by atoms with Crippen LogP contribution in [0.1, 0.15) is 80.5 Å². The number of aromatic nitrogens is 5. The Bertz CT molecular complexity index is 972. The third-order valence-corrected chi connectivity index (χ3v) is 6.95. The van der Waals surface area contributed by atoms with Crippen LogP contribution >= 0.6 is 11.3 Å². The van der Waals surface area contributed by atoms with E-state index >= 15 is 0 Å². The molecule has 0 atom stereocenters. The predicted octanol–water partition coefficient (Wildman–Crippen LogP) is 4.14. The average molecular weight is 397 g/mol. The van der Waals surface area contributed by atoms with E-state index in [-0.39, 0.29) is 5.41 Å². The monoisotopic (exact) mass is 396 g/mol. The maximum atomic E-state index is 4.86. The quantitative estimate of drug-likeness (QED) is 0.663. The number of fused-ring (bicyclic) bond motifs is 1. The molecule has 0 aromatic carbocycles. The summed E-state index contributed by atoms with van der Waals surface area (Å²) in [5.74, 6) is 2.20. The molecule has 3 aromatic heterocycles. The van der Waals surface area contributed by atoms with Crippen LogP contribution in [0, 0.1) is 0 Å². The van der Waals surface area contributed by atoms with Crippen LogP contribution < -0.4 is 0 Å². The van der Waals surface area contributed by atoms with E-state index < -0.39 is 0 Å². The number of rotatable bonds is 4. The van der Waals surface area contributed by atoms with Gasteiger partial charge in [-0.25, -0.2) is 4.98 Å². The Morgan fingerprint density at radius 1 is 1.04 bits per heavy atom. The maximum Gasteiger partial charge on any atom is 0.177 e. The van der Waals surface area contributed by atoms with E-state index in [1.54, 1.807) is 0 Å². The van der Waals surface area contributed by atoms with E-state index in [2.05, 4.69) is 47.3 Å². The second-order valence-electron chi connectivity index (χ2n) is 9.30. The van der Waals surface area contributed by atoms with Crippen LogP contribution in [0.25, 0.3) is 5.65 Å². The summed E-state index contributed by atoms with van der Waals surface area (Å²) in [6, 6.07) is 4.11. The van der Waals surface area contributed by atoms with Gasteiger partial charge in [-0.2, -0.15) is 9.61 Å². The number of thiazole rings is 1. The van der Waals surface area contributed by atoms with Gasteiger partial charge in [0.1, 0.15) is 0 Å². The van der Waals surface area contributed by atoms with Crippen molar-refractivity contribution < 1.29 is 0 Å². The lowest BCUT2D eigenvalue weighted by Gasteiger charge is -2.30. The van der Waals surface area contributed by atoms with Crippen molar-refractivity contribution in [3.8, 4) is 0 Å². The molecule has 1 saturated heterocycles. The van der Waals surface area contributed by atoms with Gasteiger partial charge in [-0.15, -0.1) is 21.5 Å². The van der Waals surface area contributed by atoms with E-state index in [0.29, 0.717) is 5.92 Å². The smallest absolute Gasteiger partial charge is 0.177 e. The number of hydrogen-bond donors (Lipinski definition) is 0. The van der Waals surface area contributed by atoms with Crippen LogP contribution in [0.3, 0.4) is 0 Å². The van der Waals surface area contributed by atoms with Crippen molar-refractivity contribution in [3.05, 3.63) is 39.7 Å². The van der Waals surface area contributed by atoms with Crippen LogP contribution in [0.5, 0.6) is 0 Å². The molecule has 1 aliphatic heterocycles. The molecule has 0 unspecified atom stereocenters. The summed E-state index contributed by atoms with van der Waals surface area (Å²) < 4.78 is 1.98. The van der Waals surface area contributed by atoms with Crippen LogP contribution in [-0.4, -0.2) is 42.8 Å². The molecule has 0 spiro atoms. The highest BCUT2D eigenvalue weighted by atomic mass is 32.1. The lowest BCUT2D eigenvalue weighted by molar-refractivity contribution is 0.199. The minimum absolute atomic E-state index is 0.0198. The lowest BCUT2D eigenvalue weighted by atomic mass is 9.92. The van der Waals surface area contributed by atoms with Gasteiger partial charge >= 0.3 is 0 Å². The van der Waals surface area contributed by atoms with E-state index in [1.807, 2.05) is 21.9 Å². The van der Waals surface area contributed by atoms with Gasteiger partial charge in [0.25, 0.3) is 0 Å². The molecule has 7 heteroatoms. The summed E-state index contributed by atoms with van der Waals surface area (Å²) in [6.45, 7) is 9.71. The SMILES string of the molecule is CC(C)(C)c1ccc2nnc(C3CCN(Cc4csc(C5CC5)n4)CC3)n2n1. The molecule has 1 aliphatic carbocycles. The van der Waals surface area contributed by atoms with Gasteiger partial charge in [-0.3, -0.25) is 4.90 Å². The highest BCUT2D eigenvalue weighted by Gasteiger charge is 2.28. The van der Waals surface area contributed by atoms with Crippen LogP contribution in [-0.2, 0) is 12.0 Å². The third-order valence-electron chi connectivity index (χ3n) is 5.89. The zero-order chi connectivity index (χ0) is 19.3. The highest BCUT2D eigenvalue weighted by Crippen LogP contribution is 2.41. The summed E-state index contributed by atoms with van der Waals surface area (Å²) >= 11 is 1.84. The maximum absolute atomic E-state index is 4.86. The molecule has 4 heterocycles. The topological polar surface area (TPSA) is 59.2 Å². The second-order valence-corrected chi connectivity index (χ2v) is 10.2. The van der Waals surface area contributed by atoms with Gasteiger partial charge in [-0.05, 0) is 50.9 Å². The normalized spacial score (nSPS) is 19.5. The predicted molar refractivity (Wildman–Crippen MR) is 111 cm³/mol. The highest BCUT2D eigenvalue weighted by molar-refractivity contribution is 7.09. The standard InChI is InChI=1S/C21H28N6S/c1-21(2,3)17-6-7-18-23-24-19(27(18)25-17)14-8-10-26(11-9-14)12-16-13-28-20(22-16)15-4-5-15/h6-7,13-15H,4-5,8-12H2,1-3H3. The summed E-state index contributed by atoms with van der Waals surface area (Å²) in [5, 5.41) is 17.3. The largest absolute Gasteiger partial charge is 0.297 e. The Morgan fingerprint density at radius 3 is 2.54 bits per heavy atom. The zero-order valence-electron chi connectivity index (χ0n) is 16.9. The lowest BCUT2D eigenvalue weighted by Crippen LogP contribution is -2.33. The van der Waals surface area contributed by atoms with E-state index in [0.717, 1.165) is 55.6 Å². The van der Waals surface area contributed by atoms with Crippen molar-refractivity contribution in [1.29, 1.82) is 0 Å². The minimum atomic E-state index is 0.0198. The summed E-state index contributed by atoms with van der Waals surface area (Å²) in [7, 11) is 0. The van der Waals surface area contributed by atoms with Crippen molar-refractivity contribution in [3.63, 3.8) is 0 Å². The minimum Gasteiger partial charge on any atom is -0.297 e. The Hall–Kier alpha value is -1.86. The first kappa shape index (κ1) is 18.2. The number of piperidine rings is 1. The van der Waals surface area contributed by atoms with Crippen molar-refractivity contribution in [2.45, 2.75) is 70.3 Å². The molecule has 3 aromatic rings. The van der Waals surface area contributed by atoms with Crippen molar-refractivity contribution >= 4 is 17.0 Å². The van der Waals surface area contributed by atoms with Crippen molar-refractivity contribution in [2.75, 3.05) is 13.1 Å². The van der Waals surface area contributed by atoms with Crippen LogP contribution in [0.2, 0.25) is 0 Å². The molecule has 0 radical (unpaired) electrons. The molecule has 0 bridgehead atoms. The van der Waals surface area contributed by atoms with Crippen molar-refractivity contribution in [1.82, 2.24) is 29.7 Å².